The number of para-hydroxylation sites is 4. The number of hydrogen-bond acceptors (Lipinski definition) is 2. The molecule has 0 unspecified atom stereocenters. The van der Waals surface area contributed by atoms with Gasteiger partial charge in [-0.25, -0.2) is 0 Å². The van der Waals surface area contributed by atoms with Gasteiger partial charge in [-0.3, -0.25) is 0 Å². The Morgan fingerprint density at radius 3 is 1.13 bits per heavy atom. The first-order valence-electron chi connectivity index (χ1n) is 24.3. The van der Waals surface area contributed by atoms with E-state index < -0.39 is 0 Å². The van der Waals surface area contributed by atoms with Gasteiger partial charge in [0.15, 0.2) is 0 Å². The van der Waals surface area contributed by atoms with E-state index in [0.717, 1.165) is 0 Å². The van der Waals surface area contributed by atoms with Gasteiger partial charge in [-0.05, 0) is 145 Å². The van der Waals surface area contributed by atoms with E-state index in [1.165, 1.54) is 133 Å². The minimum Gasteiger partial charge on any atom is -0.375 e. The van der Waals surface area contributed by atoms with Gasteiger partial charge in [0.05, 0.1) is 0 Å². The zero-order valence-electron chi connectivity index (χ0n) is 39.3. The van der Waals surface area contributed by atoms with Crippen LogP contribution in [0.2, 0.25) is 0 Å². The number of aromatic nitrogens is 2. The van der Waals surface area contributed by atoms with Gasteiger partial charge in [0.2, 0.25) is 0 Å². The van der Waals surface area contributed by atoms with Crippen molar-refractivity contribution in [3.8, 4) is 44.5 Å². The van der Waals surface area contributed by atoms with Gasteiger partial charge in [-0.15, -0.1) is 0 Å². The second-order valence-corrected chi connectivity index (χ2v) is 21.6. The quantitative estimate of drug-likeness (QED) is 0.161. The highest BCUT2D eigenvalue weighted by Crippen LogP contribution is 2.56. The van der Waals surface area contributed by atoms with Crippen LogP contribution in [0.15, 0.2) is 182 Å². The Bertz CT molecular complexity index is 3750. The van der Waals surface area contributed by atoms with E-state index in [2.05, 4.69) is 242 Å². The summed E-state index contributed by atoms with van der Waals surface area (Å²) in [5.74, 6) is 0. The molecule has 4 aliphatic heterocycles. The molecule has 0 saturated heterocycles. The summed E-state index contributed by atoms with van der Waals surface area (Å²) >= 11 is 0. The van der Waals surface area contributed by atoms with E-state index in [4.69, 9.17) is 0 Å². The molecule has 0 amide bonds. The standard InChI is InChI=1S/C62H48B2N4/c1-61(2,3)65-49-31-19-15-27-45(49)63-57-43(33-39(35-51(57)65)37-21-9-7-10-22-37)55-53-42-26-14-18-30-48(42)68-60(53)56(54-41-25-13-17-29-47(41)67(63)59(54)55)44-34-40(38-23-11-8-12-24-38)36-52-58(44)64(68)46-28-16-20-32-50(46)66(52)62(4,5)6/h7-36H,1-6H3. The molecule has 6 heteroatoms. The number of nitrogens with zero attached hydrogens (tertiary/aromatic N) is 4. The molecule has 0 N–H and O–H groups in total. The van der Waals surface area contributed by atoms with Crippen molar-refractivity contribution in [3.05, 3.63) is 182 Å². The molecule has 0 atom stereocenters. The van der Waals surface area contributed by atoms with Gasteiger partial charge in [-0.1, -0.05) is 133 Å². The molecule has 0 bridgehead atoms. The van der Waals surface area contributed by atoms with E-state index >= 15 is 0 Å². The van der Waals surface area contributed by atoms with Crippen LogP contribution < -0.4 is 31.7 Å². The Hall–Kier alpha value is -7.69. The third-order valence-electron chi connectivity index (χ3n) is 15.7. The maximum absolute atomic E-state index is 2.77. The Morgan fingerprint density at radius 1 is 0.353 bits per heavy atom. The highest BCUT2D eigenvalue weighted by atomic mass is 15.2. The number of fused-ring (bicyclic) bond motifs is 16. The molecule has 0 fully saturated rings. The average Bonchev–Trinajstić information content (AvgIpc) is 3.87. The van der Waals surface area contributed by atoms with Crippen LogP contribution in [-0.2, 0) is 0 Å². The van der Waals surface area contributed by atoms with Crippen LogP contribution in [0.4, 0.5) is 22.7 Å². The fraction of sp³-hybridized carbons (Fsp3) is 0.129. The molecule has 4 nitrogen and oxygen atoms in total. The van der Waals surface area contributed by atoms with Crippen LogP contribution in [0.25, 0.3) is 88.1 Å². The summed E-state index contributed by atoms with van der Waals surface area (Å²) in [6.07, 6.45) is 0. The molecule has 0 saturated carbocycles. The van der Waals surface area contributed by atoms with Gasteiger partial charge in [0.1, 0.15) is 0 Å². The third kappa shape index (κ3) is 4.77. The summed E-state index contributed by atoms with van der Waals surface area (Å²) < 4.78 is 5.54. The first kappa shape index (κ1) is 38.4. The van der Waals surface area contributed by atoms with Crippen molar-refractivity contribution in [1.82, 2.24) is 8.96 Å². The van der Waals surface area contributed by atoms with Crippen LogP contribution in [0.5, 0.6) is 0 Å². The molecule has 68 heavy (non-hydrogen) atoms. The van der Waals surface area contributed by atoms with Gasteiger partial charge >= 0.3 is 13.7 Å². The average molecular weight is 871 g/mol. The fourth-order valence-corrected chi connectivity index (χ4v) is 13.4. The molecular formula is C62H48B2N4. The predicted octanol–water partition coefficient (Wildman–Crippen LogP) is 13.0. The van der Waals surface area contributed by atoms with Crippen LogP contribution in [0, 0.1) is 0 Å². The predicted molar refractivity (Wildman–Crippen MR) is 292 cm³/mol. The second kappa shape index (κ2) is 13.0. The first-order valence-corrected chi connectivity index (χ1v) is 24.3. The van der Waals surface area contributed by atoms with Crippen molar-refractivity contribution >= 4 is 102 Å². The van der Waals surface area contributed by atoms with Crippen molar-refractivity contribution in [2.45, 2.75) is 52.6 Å². The number of benzene rings is 9. The topological polar surface area (TPSA) is 16.3 Å². The monoisotopic (exact) mass is 870 g/mol. The third-order valence-corrected chi connectivity index (χ3v) is 15.7. The minimum absolute atomic E-state index is 0.0447. The van der Waals surface area contributed by atoms with E-state index in [1.807, 2.05) is 0 Å². The summed E-state index contributed by atoms with van der Waals surface area (Å²) in [6, 6.07) is 69.3. The molecule has 4 aliphatic rings. The number of hydrogen-bond donors (Lipinski definition) is 0. The molecule has 15 rings (SSSR count). The van der Waals surface area contributed by atoms with Crippen LogP contribution in [-0.4, -0.2) is 33.7 Å². The molecular weight excluding hydrogens is 822 g/mol. The molecule has 2 aromatic heterocycles. The van der Waals surface area contributed by atoms with Crippen molar-refractivity contribution < 1.29 is 0 Å². The van der Waals surface area contributed by atoms with Gasteiger partial charge in [0, 0.05) is 88.6 Å². The molecule has 9 aromatic carbocycles. The Labute approximate surface area is 397 Å². The number of rotatable bonds is 2. The fourth-order valence-electron chi connectivity index (χ4n) is 13.4. The van der Waals surface area contributed by atoms with E-state index in [1.54, 1.807) is 0 Å². The Balaban J connectivity index is 1.22. The lowest BCUT2D eigenvalue weighted by atomic mass is 9.44. The summed E-state index contributed by atoms with van der Waals surface area (Å²) in [5.41, 5.74) is 25.6. The van der Waals surface area contributed by atoms with Crippen molar-refractivity contribution in [1.29, 1.82) is 0 Å². The molecule has 0 aliphatic carbocycles. The second-order valence-electron chi connectivity index (χ2n) is 21.6. The van der Waals surface area contributed by atoms with Crippen molar-refractivity contribution in [3.63, 3.8) is 0 Å². The maximum Gasteiger partial charge on any atom is 0.333 e. The zero-order valence-corrected chi connectivity index (χ0v) is 39.3. The summed E-state index contributed by atoms with van der Waals surface area (Å²) in [6.45, 7) is 14.1. The molecule has 11 aromatic rings. The van der Waals surface area contributed by atoms with Crippen LogP contribution in [0.3, 0.4) is 0 Å². The van der Waals surface area contributed by atoms with Crippen molar-refractivity contribution in [2.75, 3.05) is 9.80 Å². The number of anilines is 4. The summed E-state index contributed by atoms with van der Waals surface area (Å²) in [7, 11) is 0. The Morgan fingerprint density at radius 2 is 0.721 bits per heavy atom. The van der Waals surface area contributed by atoms with Crippen LogP contribution in [0.1, 0.15) is 41.5 Å². The largest absolute Gasteiger partial charge is 0.375 e. The Kier molecular flexibility index (Phi) is 7.37. The van der Waals surface area contributed by atoms with Crippen LogP contribution >= 0.6 is 0 Å². The first-order chi connectivity index (χ1) is 33.1. The highest BCUT2D eigenvalue weighted by Gasteiger charge is 2.49. The lowest BCUT2D eigenvalue weighted by Crippen LogP contribution is -2.60. The van der Waals surface area contributed by atoms with E-state index in [-0.39, 0.29) is 24.8 Å². The normalized spacial score (nSPS) is 14.2. The SMILES string of the molecule is CC(C)(C)N1c2ccccc2B2c3c(cc(-c4ccccc4)cc31)-c1c3c4ccccc4n4c3c(c3c5ccccc5n2c13)-c1cc(-c2ccccc2)cc2c1B4c1ccccc1N2C(C)(C)C. The molecule has 0 spiro atoms. The maximum atomic E-state index is 2.77. The summed E-state index contributed by atoms with van der Waals surface area (Å²) in [5, 5.41) is 5.28. The molecule has 322 valence electrons. The van der Waals surface area contributed by atoms with Gasteiger partial charge < -0.3 is 18.8 Å². The van der Waals surface area contributed by atoms with Gasteiger partial charge in [-0.2, -0.15) is 0 Å². The highest BCUT2D eigenvalue weighted by molar-refractivity contribution is 6.91. The molecule has 0 radical (unpaired) electrons. The van der Waals surface area contributed by atoms with Crippen molar-refractivity contribution in [2.24, 2.45) is 0 Å². The smallest absolute Gasteiger partial charge is 0.333 e. The zero-order chi connectivity index (χ0) is 45.5. The van der Waals surface area contributed by atoms with E-state index in [9.17, 15) is 0 Å². The minimum atomic E-state index is -0.207. The lowest BCUT2D eigenvalue weighted by molar-refractivity contribution is 0.561. The van der Waals surface area contributed by atoms with E-state index in [0.29, 0.717) is 0 Å². The lowest BCUT2D eigenvalue weighted by Gasteiger charge is -2.47. The summed E-state index contributed by atoms with van der Waals surface area (Å²) in [4.78, 5) is 5.28. The molecule has 6 heterocycles. The van der Waals surface area contributed by atoms with Gasteiger partial charge in [0.25, 0.3) is 0 Å².